The molecule has 28 heavy (non-hydrogen) atoms. The molecule has 2 N–H and O–H groups in total. The summed E-state index contributed by atoms with van der Waals surface area (Å²) < 4.78 is 37.8. The van der Waals surface area contributed by atoms with Gasteiger partial charge in [-0.05, 0) is 24.3 Å². The van der Waals surface area contributed by atoms with Crippen LogP contribution in [0.5, 0.6) is 11.5 Å². The summed E-state index contributed by atoms with van der Waals surface area (Å²) >= 11 is 0. The van der Waals surface area contributed by atoms with Crippen molar-refractivity contribution in [1.29, 1.82) is 0 Å². The number of phosphoric ester groups is 2. The Kier molecular flexibility index (Phi) is 17.4. The molecule has 2 aromatic carbocycles. The normalized spacial score (nSPS) is 13.9. The van der Waals surface area contributed by atoms with Crippen LogP contribution < -0.4 is 78.4 Å². The Morgan fingerprint density at radius 2 is 0.964 bits per heavy atom. The summed E-state index contributed by atoms with van der Waals surface area (Å²) in [4.78, 5) is 36.6. The standard InChI is InChI=1S/2C7H9O5P.2Na/c2*8-13(9,10)12-6-11-7-4-2-1-3-5-7;;/h2*1-5H,6H2,(H2,8,9,10);;/q;;2*+1/p-2. The molecule has 0 aliphatic carbocycles. The maximum atomic E-state index is 10.1. The Labute approximate surface area is 206 Å². The van der Waals surface area contributed by atoms with Crippen molar-refractivity contribution in [2.45, 2.75) is 0 Å². The molecule has 14 heteroatoms. The first kappa shape index (κ1) is 30.5. The van der Waals surface area contributed by atoms with Crippen molar-refractivity contribution in [1.82, 2.24) is 0 Å². The van der Waals surface area contributed by atoms with E-state index in [9.17, 15) is 18.9 Å². The van der Waals surface area contributed by atoms with E-state index >= 15 is 0 Å². The van der Waals surface area contributed by atoms with Crippen LogP contribution in [0.1, 0.15) is 0 Å². The van der Waals surface area contributed by atoms with Crippen LogP contribution in [0.25, 0.3) is 0 Å². The van der Waals surface area contributed by atoms with Crippen molar-refractivity contribution in [3.05, 3.63) is 60.7 Å². The molecule has 0 aromatic heterocycles. The number of ether oxygens (including phenoxy) is 2. The van der Waals surface area contributed by atoms with E-state index in [0.717, 1.165) is 0 Å². The van der Waals surface area contributed by atoms with Gasteiger partial charge in [0.2, 0.25) is 0 Å². The van der Waals surface area contributed by atoms with Crippen molar-refractivity contribution in [2.75, 3.05) is 13.6 Å². The van der Waals surface area contributed by atoms with E-state index in [1.54, 1.807) is 60.7 Å². The van der Waals surface area contributed by atoms with Gasteiger partial charge in [0.05, 0.1) is 0 Å². The second kappa shape index (κ2) is 16.0. The van der Waals surface area contributed by atoms with Gasteiger partial charge in [0, 0.05) is 0 Å². The maximum absolute atomic E-state index is 10.1. The zero-order valence-corrected chi connectivity index (χ0v) is 21.0. The van der Waals surface area contributed by atoms with Crippen molar-refractivity contribution in [2.24, 2.45) is 0 Å². The first-order valence-electron chi connectivity index (χ1n) is 6.88. The van der Waals surface area contributed by atoms with Crippen LogP contribution in [0.4, 0.5) is 0 Å². The number of hydrogen-bond donors (Lipinski definition) is 2. The van der Waals surface area contributed by atoms with Crippen molar-refractivity contribution < 1.29 is 106 Å². The third-order valence-electron chi connectivity index (χ3n) is 2.37. The molecule has 0 radical (unpaired) electrons. The van der Waals surface area contributed by atoms with Crippen LogP contribution in [-0.2, 0) is 18.2 Å². The fraction of sp³-hybridized carbons (Fsp3) is 0.143. The molecule has 10 nitrogen and oxygen atoms in total. The molecule has 0 aliphatic rings. The average Bonchev–Trinajstić information content (AvgIpc) is 2.55. The molecular formula is C14H16Na2O10P2. The predicted octanol–water partition coefficient (Wildman–Crippen LogP) is -4.99. The zero-order valence-electron chi connectivity index (χ0n) is 15.2. The first-order chi connectivity index (χ1) is 12.2. The van der Waals surface area contributed by atoms with Gasteiger partial charge in [0.1, 0.15) is 11.5 Å². The van der Waals surface area contributed by atoms with Crippen LogP contribution in [0.2, 0.25) is 0 Å². The second-order valence-corrected chi connectivity index (χ2v) is 6.74. The third-order valence-corrected chi connectivity index (χ3v) is 3.23. The van der Waals surface area contributed by atoms with E-state index in [4.69, 9.17) is 19.3 Å². The molecule has 2 atom stereocenters. The summed E-state index contributed by atoms with van der Waals surface area (Å²) in [7, 11) is -9.36. The van der Waals surface area contributed by atoms with Crippen molar-refractivity contribution in [3.8, 4) is 11.5 Å². The van der Waals surface area contributed by atoms with Crippen LogP contribution in [0.15, 0.2) is 60.7 Å². The summed E-state index contributed by atoms with van der Waals surface area (Å²) in [6.07, 6.45) is 0. The Bertz CT molecular complexity index is 660. The Morgan fingerprint density at radius 1 is 0.679 bits per heavy atom. The van der Waals surface area contributed by atoms with Gasteiger partial charge < -0.3 is 29.0 Å². The molecule has 0 heterocycles. The van der Waals surface area contributed by atoms with Gasteiger partial charge in [0.15, 0.2) is 13.6 Å². The smallest absolute Gasteiger partial charge is 0.756 e. The van der Waals surface area contributed by atoms with Crippen molar-refractivity contribution in [3.63, 3.8) is 0 Å². The molecule has 2 unspecified atom stereocenters. The zero-order chi connectivity index (χ0) is 19.5. The molecule has 0 spiro atoms. The fourth-order valence-electron chi connectivity index (χ4n) is 1.36. The summed E-state index contributed by atoms with van der Waals surface area (Å²) in [6, 6.07) is 17.0. The average molecular weight is 452 g/mol. The van der Waals surface area contributed by atoms with Crippen LogP contribution in [0, 0.1) is 0 Å². The molecule has 2 aromatic rings. The summed E-state index contributed by atoms with van der Waals surface area (Å²) in [5.41, 5.74) is 0. The number of phosphoric acid groups is 2. The van der Waals surface area contributed by atoms with Crippen LogP contribution in [-0.4, -0.2) is 23.4 Å². The van der Waals surface area contributed by atoms with E-state index in [1.165, 1.54) is 0 Å². The van der Waals surface area contributed by atoms with Crippen LogP contribution >= 0.6 is 15.6 Å². The third kappa shape index (κ3) is 18.3. The van der Waals surface area contributed by atoms with Crippen LogP contribution in [0.3, 0.4) is 0 Å². The minimum atomic E-state index is -4.68. The number of para-hydroxylation sites is 2. The minimum Gasteiger partial charge on any atom is -0.756 e. The number of benzene rings is 2. The van der Waals surface area contributed by atoms with Gasteiger partial charge in [0.25, 0.3) is 15.6 Å². The van der Waals surface area contributed by atoms with Gasteiger partial charge in [-0.3, -0.25) is 18.2 Å². The molecule has 0 aliphatic heterocycles. The molecule has 0 fully saturated rings. The molecule has 144 valence electrons. The van der Waals surface area contributed by atoms with Gasteiger partial charge in [-0.2, -0.15) is 0 Å². The molecule has 0 saturated carbocycles. The van der Waals surface area contributed by atoms with Gasteiger partial charge in [-0.15, -0.1) is 0 Å². The SMILES string of the molecule is O=P([O-])(O)OCOc1ccccc1.O=P([O-])(O)OCOc1ccccc1.[Na+].[Na+]. The van der Waals surface area contributed by atoms with E-state index in [-0.39, 0.29) is 59.1 Å². The molecular weight excluding hydrogens is 436 g/mol. The Morgan fingerprint density at radius 3 is 1.21 bits per heavy atom. The largest absolute Gasteiger partial charge is 1.00 e. The van der Waals surface area contributed by atoms with E-state index in [0.29, 0.717) is 11.5 Å². The number of rotatable bonds is 8. The van der Waals surface area contributed by atoms with Gasteiger partial charge in [-0.1, -0.05) is 36.4 Å². The van der Waals surface area contributed by atoms with Gasteiger partial charge in [-0.25, -0.2) is 0 Å². The summed E-state index contributed by atoms with van der Waals surface area (Å²) in [5.74, 6) is 0.937. The molecule has 2 rings (SSSR count). The summed E-state index contributed by atoms with van der Waals surface area (Å²) in [5, 5.41) is 0. The Balaban J connectivity index is 0. The quantitative estimate of drug-likeness (QED) is 0.226. The van der Waals surface area contributed by atoms with E-state index in [1.807, 2.05) is 0 Å². The Hall–Kier alpha value is 0.260. The summed E-state index contributed by atoms with van der Waals surface area (Å²) in [6.45, 7) is -1.05. The van der Waals surface area contributed by atoms with E-state index < -0.39 is 29.2 Å². The maximum Gasteiger partial charge on any atom is 1.00 e. The molecule has 0 amide bonds. The number of hydrogen-bond acceptors (Lipinski definition) is 8. The van der Waals surface area contributed by atoms with Gasteiger partial charge >= 0.3 is 59.1 Å². The second-order valence-electron chi connectivity index (χ2n) is 4.35. The molecule has 0 saturated heterocycles. The topological polar surface area (TPSA) is 158 Å². The molecule has 0 bridgehead atoms. The minimum absolute atomic E-state index is 0. The fourth-order valence-corrected chi connectivity index (χ4v) is 1.73. The van der Waals surface area contributed by atoms with E-state index in [2.05, 4.69) is 9.05 Å². The first-order valence-corrected chi connectivity index (χ1v) is 9.87. The van der Waals surface area contributed by atoms with Crippen molar-refractivity contribution >= 4 is 15.6 Å². The monoisotopic (exact) mass is 452 g/mol. The predicted molar refractivity (Wildman–Crippen MR) is 85.7 cm³/mol.